The molecule has 0 fully saturated rings. The minimum absolute atomic E-state index is 0.0872. The molecular formula is C14H18N2O. The van der Waals surface area contributed by atoms with Crippen LogP contribution in [0.5, 0.6) is 0 Å². The van der Waals surface area contributed by atoms with E-state index in [4.69, 9.17) is 0 Å². The molecule has 1 aromatic heterocycles. The Morgan fingerprint density at radius 3 is 2.71 bits per heavy atom. The fourth-order valence-electron chi connectivity index (χ4n) is 2.07. The minimum Gasteiger partial charge on any atom is -0.296 e. The molecule has 0 unspecified atom stereocenters. The first-order valence-corrected chi connectivity index (χ1v) is 6.26. The van der Waals surface area contributed by atoms with Crippen LogP contribution in [0.15, 0.2) is 29.1 Å². The van der Waals surface area contributed by atoms with Crippen LogP contribution in [-0.4, -0.2) is 9.55 Å². The van der Waals surface area contributed by atoms with Crippen molar-refractivity contribution in [2.75, 3.05) is 0 Å². The third kappa shape index (κ3) is 2.23. The largest absolute Gasteiger partial charge is 0.296 e. The van der Waals surface area contributed by atoms with Crippen molar-refractivity contribution >= 4 is 10.9 Å². The average molecular weight is 230 g/mol. The van der Waals surface area contributed by atoms with Crippen LogP contribution >= 0.6 is 0 Å². The molecule has 0 N–H and O–H groups in total. The quantitative estimate of drug-likeness (QED) is 0.809. The summed E-state index contributed by atoms with van der Waals surface area (Å²) in [6.45, 7) is 4.83. The normalized spacial score (nSPS) is 10.9. The van der Waals surface area contributed by atoms with Gasteiger partial charge in [-0.25, -0.2) is 4.98 Å². The smallest absolute Gasteiger partial charge is 0.261 e. The monoisotopic (exact) mass is 230 g/mol. The Morgan fingerprint density at radius 2 is 2.00 bits per heavy atom. The SMILES string of the molecule is CCCCc1nc2ccccc2c(=O)n1CC. The van der Waals surface area contributed by atoms with Crippen LogP contribution in [0.3, 0.4) is 0 Å². The molecule has 0 atom stereocenters. The van der Waals surface area contributed by atoms with Crippen molar-refractivity contribution in [2.45, 2.75) is 39.7 Å². The Labute approximate surface area is 101 Å². The van der Waals surface area contributed by atoms with Crippen LogP contribution in [-0.2, 0) is 13.0 Å². The van der Waals surface area contributed by atoms with Crippen molar-refractivity contribution in [1.29, 1.82) is 0 Å². The highest BCUT2D eigenvalue weighted by Crippen LogP contribution is 2.09. The Hall–Kier alpha value is -1.64. The van der Waals surface area contributed by atoms with Gasteiger partial charge in [-0.1, -0.05) is 25.5 Å². The maximum absolute atomic E-state index is 12.3. The van der Waals surface area contributed by atoms with Gasteiger partial charge in [-0.3, -0.25) is 9.36 Å². The molecule has 17 heavy (non-hydrogen) atoms. The van der Waals surface area contributed by atoms with Crippen molar-refractivity contribution in [1.82, 2.24) is 9.55 Å². The van der Waals surface area contributed by atoms with Crippen molar-refractivity contribution < 1.29 is 0 Å². The Morgan fingerprint density at radius 1 is 1.24 bits per heavy atom. The predicted octanol–water partition coefficient (Wildman–Crippen LogP) is 2.76. The molecule has 2 rings (SSSR count). The summed E-state index contributed by atoms with van der Waals surface area (Å²) in [5, 5.41) is 0.717. The van der Waals surface area contributed by atoms with Crippen molar-refractivity contribution in [3.8, 4) is 0 Å². The van der Waals surface area contributed by atoms with Crippen LogP contribution < -0.4 is 5.56 Å². The van der Waals surface area contributed by atoms with Gasteiger partial charge in [0.1, 0.15) is 5.82 Å². The van der Waals surface area contributed by atoms with E-state index in [0.29, 0.717) is 6.54 Å². The number of hydrogen-bond donors (Lipinski definition) is 0. The number of fused-ring (bicyclic) bond motifs is 1. The van der Waals surface area contributed by atoms with Gasteiger partial charge in [0.25, 0.3) is 5.56 Å². The van der Waals surface area contributed by atoms with E-state index in [-0.39, 0.29) is 5.56 Å². The number of aromatic nitrogens is 2. The molecule has 3 nitrogen and oxygen atoms in total. The standard InChI is InChI=1S/C14H18N2O/c1-3-5-10-13-15-12-9-7-6-8-11(12)14(17)16(13)4-2/h6-9H,3-5,10H2,1-2H3. The highest BCUT2D eigenvalue weighted by molar-refractivity contribution is 5.77. The van der Waals surface area contributed by atoms with E-state index < -0.39 is 0 Å². The fourth-order valence-corrected chi connectivity index (χ4v) is 2.07. The zero-order valence-electron chi connectivity index (χ0n) is 10.4. The molecule has 0 aliphatic carbocycles. The molecule has 3 heteroatoms. The number of hydrogen-bond acceptors (Lipinski definition) is 2. The van der Waals surface area contributed by atoms with Crippen LogP contribution in [0.2, 0.25) is 0 Å². The third-order valence-electron chi connectivity index (χ3n) is 3.01. The zero-order valence-corrected chi connectivity index (χ0v) is 10.4. The van der Waals surface area contributed by atoms with Crippen molar-refractivity contribution in [3.63, 3.8) is 0 Å². The maximum Gasteiger partial charge on any atom is 0.261 e. The lowest BCUT2D eigenvalue weighted by atomic mass is 10.2. The third-order valence-corrected chi connectivity index (χ3v) is 3.01. The first-order valence-electron chi connectivity index (χ1n) is 6.26. The van der Waals surface area contributed by atoms with E-state index in [1.54, 1.807) is 4.57 Å². The summed E-state index contributed by atoms with van der Waals surface area (Å²) in [5.41, 5.74) is 0.900. The highest BCUT2D eigenvalue weighted by atomic mass is 16.1. The fraction of sp³-hybridized carbons (Fsp3) is 0.429. The van der Waals surface area contributed by atoms with E-state index in [2.05, 4.69) is 11.9 Å². The number of para-hydroxylation sites is 1. The lowest BCUT2D eigenvalue weighted by Crippen LogP contribution is -2.24. The molecular weight excluding hydrogens is 212 g/mol. The molecule has 1 aromatic carbocycles. The molecule has 0 saturated carbocycles. The van der Waals surface area contributed by atoms with Gasteiger partial charge in [-0.05, 0) is 25.5 Å². The lowest BCUT2D eigenvalue weighted by molar-refractivity contribution is 0.630. The molecule has 1 heterocycles. The molecule has 0 aliphatic heterocycles. The summed E-state index contributed by atoms with van der Waals surface area (Å²) in [5.74, 6) is 0.915. The van der Waals surface area contributed by atoms with Gasteiger partial charge < -0.3 is 0 Å². The van der Waals surface area contributed by atoms with Gasteiger partial charge in [-0.15, -0.1) is 0 Å². The van der Waals surface area contributed by atoms with Gasteiger partial charge in [0, 0.05) is 13.0 Å². The van der Waals surface area contributed by atoms with Gasteiger partial charge in [0.2, 0.25) is 0 Å². The number of unbranched alkanes of at least 4 members (excludes halogenated alkanes) is 1. The molecule has 0 spiro atoms. The van der Waals surface area contributed by atoms with Crippen molar-refractivity contribution in [3.05, 3.63) is 40.4 Å². The summed E-state index contributed by atoms with van der Waals surface area (Å²) >= 11 is 0. The topological polar surface area (TPSA) is 34.9 Å². The van der Waals surface area contributed by atoms with Crippen LogP contribution in [0.1, 0.15) is 32.5 Å². The summed E-state index contributed by atoms with van der Waals surface area (Å²) in [7, 11) is 0. The van der Waals surface area contributed by atoms with E-state index in [1.807, 2.05) is 31.2 Å². The summed E-state index contributed by atoms with van der Waals surface area (Å²) in [4.78, 5) is 16.9. The van der Waals surface area contributed by atoms with Crippen LogP contribution in [0.4, 0.5) is 0 Å². The number of rotatable bonds is 4. The minimum atomic E-state index is 0.0872. The summed E-state index contributed by atoms with van der Waals surface area (Å²) < 4.78 is 1.79. The molecule has 0 radical (unpaired) electrons. The Balaban J connectivity index is 2.62. The first-order chi connectivity index (χ1) is 8.27. The van der Waals surface area contributed by atoms with Crippen LogP contribution in [0, 0.1) is 0 Å². The number of aryl methyl sites for hydroxylation is 1. The van der Waals surface area contributed by atoms with Crippen molar-refractivity contribution in [2.24, 2.45) is 0 Å². The molecule has 0 aliphatic rings. The van der Waals surface area contributed by atoms with Gasteiger partial charge in [0.15, 0.2) is 0 Å². The molecule has 90 valence electrons. The van der Waals surface area contributed by atoms with Gasteiger partial charge in [-0.2, -0.15) is 0 Å². The summed E-state index contributed by atoms with van der Waals surface area (Å²) in [6.07, 6.45) is 3.07. The zero-order chi connectivity index (χ0) is 12.3. The average Bonchev–Trinajstić information content (AvgIpc) is 2.36. The molecule has 0 bridgehead atoms. The van der Waals surface area contributed by atoms with Gasteiger partial charge in [0.05, 0.1) is 10.9 Å². The molecule has 2 aromatic rings. The number of benzene rings is 1. The Bertz CT molecular complexity index is 572. The van der Waals surface area contributed by atoms with Gasteiger partial charge >= 0.3 is 0 Å². The van der Waals surface area contributed by atoms with E-state index in [1.165, 1.54) is 0 Å². The lowest BCUT2D eigenvalue weighted by Gasteiger charge is -2.11. The van der Waals surface area contributed by atoms with E-state index in [9.17, 15) is 4.79 Å². The van der Waals surface area contributed by atoms with Crippen LogP contribution in [0.25, 0.3) is 10.9 Å². The highest BCUT2D eigenvalue weighted by Gasteiger charge is 2.08. The van der Waals surface area contributed by atoms with E-state index >= 15 is 0 Å². The summed E-state index contributed by atoms with van der Waals surface area (Å²) in [6, 6.07) is 7.57. The second-order valence-electron chi connectivity index (χ2n) is 4.20. The predicted molar refractivity (Wildman–Crippen MR) is 70.3 cm³/mol. The molecule has 0 saturated heterocycles. The van der Waals surface area contributed by atoms with E-state index in [0.717, 1.165) is 36.0 Å². The second-order valence-corrected chi connectivity index (χ2v) is 4.20. The molecule has 0 amide bonds. The number of nitrogens with zero attached hydrogens (tertiary/aromatic N) is 2. The first kappa shape index (κ1) is 11.8. The maximum atomic E-state index is 12.3. The second kappa shape index (κ2) is 5.13. The Kier molecular flexibility index (Phi) is 3.57.